The van der Waals surface area contributed by atoms with Crippen molar-refractivity contribution in [1.29, 1.82) is 0 Å². The average molecular weight is 170 g/mol. The Morgan fingerprint density at radius 2 is 2.00 bits per heavy atom. The lowest BCUT2D eigenvalue weighted by molar-refractivity contribution is -0.155. The summed E-state index contributed by atoms with van der Waals surface area (Å²) in [5, 5.41) is 0. The largest absolute Gasteiger partial charge is 0.460 e. The summed E-state index contributed by atoms with van der Waals surface area (Å²) >= 11 is 0. The van der Waals surface area contributed by atoms with Crippen LogP contribution in [0, 0.1) is 5.92 Å². The zero-order valence-electron chi connectivity index (χ0n) is 8.22. The lowest BCUT2D eigenvalue weighted by Gasteiger charge is -2.19. The first-order valence-electron chi connectivity index (χ1n) is 4.69. The molecule has 1 rings (SSSR count). The van der Waals surface area contributed by atoms with Crippen molar-refractivity contribution in [2.45, 2.75) is 52.1 Å². The van der Waals surface area contributed by atoms with E-state index in [0.717, 1.165) is 12.3 Å². The lowest BCUT2D eigenvalue weighted by atomic mass is 10.2. The van der Waals surface area contributed by atoms with Crippen LogP contribution in [0.25, 0.3) is 0 Å². The Morgan fingerprint density at radius 1 is 1.42 bits per heavy atom. The summed E-state index contributed by atoms with van der Waals surface area (Å²) in [6, 6.07) is 0. The molecule has 1 aliphatic rings. The van der Waals surface area contributed by atoms with Crippen LogP contribution in [0.2, 0.25) is 0 Å². The molecule has 2 heteroatoms. The maximum absolute atomic E-state index is 11.2. The average Bonchev–Trinajstić information content (AvgIpc) is 2.61. The third-order valence-electron chi connectivity index (χ3n) is 1.87. The van der Waals surface area contributed by atoms with E-state index in [2.05, 4.69) is 0 Å². The van der Waals surface area contributed by atoms with Gasteiger partial charge in [0.2, 0.25) is 0 Å². The molecule has 1 saturated carbocycles. The summed E-state index contributed by atoms with van der Waals surface area (Å²) in [7, 11) is 0. The quantitative estimate of drug-likeness (QED) is 0.608. The summed E-state index contributed by atoms with van der Waals surface area (Å²) in [6.45, 7) is 5.71. The summed E-state index contributed by atoms with van der Waals surface area (Å²) < 4.78 is 5.18. The molecule has 0 bridgehead atoms. The van der Waals surface area contributed by atoms with Gasteiger partial charge in [-0.2, -0.15) is 0 Å². The van der Waals surface area contributed by atoms with Gasteiger partial charge in [0, 0.05) is 6.42 Å². The standard InChI is InChI=1S/C10H18O2/c1-10(2,3)12-9(11)7-6-8-4-5-8/h8H,4-7H2,1-3H3. The van der Waals surface area contributed by atoms with Crippen LogP contribution in [-0.4, -0.2) is 11.6 Å². The zero-order valence-corrected chi connectivity index (χ0v) is 8.22. The van der Waals surface area contributed by atoms with E-state index in [0.29, 0.717) is 6.42 Å². The van der Waals surface area contributed by atoms with Crippen molar-refractivity contribution in [2.75, 3.05) is 0 Å². The van der Waals surface area contributed by atoms with Crippen molar-refractivity contribution in [1.82, 2.24) is 0 Å². The van der Waals surface area contributed by atoms with Gasteiger partial charge in [-0.05, 0) is 33.1 Å². The van der Waals surface area contributed by atoms with Crippen molar-refractivity contribution in [3.05, 3.63) is 0 Å². The first kappa shape index (κ1) is 9.56. The molecule has 12 heavy (non-hydrogen) atoms. The Bertz CT molecular complexity index is 163. The molecule has 0 amide bonds. The van der Waals surface area contributed by atoms with Crippen molar-refractivity contribution in [3.63, 3.8) is 0 Å². The zero-order chi connectivity index (χ0) is 9.19. The number of carbonyl (C=O) groups is 1. The number of hydrogen-bond acceptors (Lipinski definition) is 2. The van der Waals surface area contributed by atoms with E-state index in [1.165, 1.54) is 12.8 Å². The normalized spacial score (nSPS) is 17.6. The second-order valence-electron chi connectivity index (χ2n) is 4.57. The molecule has 0 atom stereocenters. The second-order valence-corrected chi connectivity index (χ2v) is 4.57. The third kappa shape index (κ3) is 4.37. The molecule has 0 aromatic heterocycles. The van der Waals surface area contributed by atoms with Crippen LogP contribution in [0.3, 0.4) is 0 Å². The molecular weight excluding hydrogens is 152 g/mol. The molecule has 0 N–H and O–H groups in total. The Kier molecular flexibility index (Phi) is 2.76. The van der Waals surface area contributed by atoms with Crippen LogP contribution in [0.5, 0.6) is 0 Å². The summed E-state index contributed by atoms with van der Waals surface area (Å²) in [5.41, 5.74) is -0.319. The van der Waals surface area contributed by atoms with Crippen molar-refractivity contribution in [3.8, 4) is 0 Å². The SMILES string of the molecule is CC(C)(C)OC(=O)CCC1CC1. The van der Waals surface area contributed by atoms with Gasteiger partial charge in [0.1, 0.15) is 5.60 Å². The van der Waals surface area contributed by atoms with E-state index in [1.807, 2.05) is 20.8 Å². The maximum Gasteiger partial charge on any atom is 0.306 e. The lowest BCUT2D eigenvalue weighted by Crippen LogP contribution is -2.23. The molecule has 0 saturated heterocycles. The number of esters is 1. The van der Waals surface area contributed by atoms with Crippen molar-refractivity contribution in [2.24, 2.45) is 5.92 Å². The highest BCUT2D eigenvalue weighted by Crippen LogP contribution is 2.33. The molecular formula is C10H18O2. The highest BCUT2D eigenvalue weighted by molar-refractivity contribution is 5.69. The number of ether oxygens (including phenoxy) is 1. The van der Waals surface area contributed by atoms with E-state index in [-0.39, 0.29) is 11.6 Å². The van der Waals surface area contributed by atoms with Crippen LogP contribution in [0.1, 0.15) is 46.5 Å². The van der Waals surface area contributed by atoms with Gasteiger partial charge in [-0.15, -0.1) is 0 Å². The van der Waals surface area contributed by atoms with Gasteiger partial charge < -0.3 is 4.74 Å². The smallest absolute Gasteiger partial charge is 0.306 e. The molecule has 0 radical (unpaired) electrons. The monoisotopic (exact) mass is 170 g/mol. The van der Waals surface area contributed by atoms with E-state index < -0.39 is 0 Å². The van der Waals surface area contributed by atoms with E-state index >= 15 is 0 Å². The fourth-order valence-corrected chi connectivity index (χ4v) is 1.12. The third-order valence-corrected chi connectivity index (χ3v) is 1.87. The molecule has 0 heterocycles. The molecule has 0 aromatic carbocycles. The minimum Gasteiger partial charge on any atom is -0.460 e. The Labute approximate surface area is 74.3 Å². The number of hydrogen-bond donors (Lipinski definition) is 0. The molecule has 0 unspecified atom stereocenters. The van der Waals surface area contributed by atoms with Gasteiger partial charge in [0.05, 0.1) is 0 Å². The fraction of sp³-hybridized carbons (Fsp3) is 0.900. The second kappa shape index (κ2) is 3.46. The number of rotatable bonds is 3. The summed E-state index contributed by atoms with van der Waals surface area (Å²) in [5.74, 6) is 0.770. The van der Waals surface area contributed by atoms with Gasteiger partial charge in [-0.1, -0.05) is 12.8 Å². The minimum atomic E-state index is -0.319. The van der Waals surface area contributed by atoms with Crippen molar-refractivity contribution >= 4 is 5.97 Å². The van der Waals surface area contributed by atoms with Crippen molar-refractivity contribution < 1.29 is 9.53 Å². The topological polar surface area (TPSA) is 26.3 Å². The number of carbonyl (C=O) groups excluding carboxylic acids is 1. The Hall–Kier alpha value is -0.530. The molecule has 2 nitrogen and oxygen atoms in total. The summed E-state index contributed by atoms with van der Waals surface area (Å²) in [6.07, 6.45) is 4.24. The Morgan fingerprint density at radius 3 is 2.42 bits per heavy atom. The molecule has 0 aromatic rings. The molecule has 1 fully saturated rings. The van der Waals surface area contributed by atoms with Crippen LogP contribution < -0.4 is 0 Å². The predicted octanol–water partition coefficient (Wildman–Crippen LogP) is 2.52. The first-order valence-corrected chi connectivity index (χ1v) is 4.69. The van der Waals surface area contributed by atoms with Gasteiger partial charge in [-0.25, -0.2) is 0 Å². The molecule has 0 aliphatic heterocycles. The van der Waals surface area contributed by atoms with Crippen LogP contribution in [0.15, 0.2) is 0 Å². The fourth-order valence-electron chi connectivity index (χ4n) is 1.12. The van der Waals surface area contributed by atoms with E-state index in [1.54, 1.807) is 0 Å². The minimum absolute atomic E-state index is 0.0469. The van der Waals surface area contributed by atoms with Crippen LogP contribution in [-0.2, 0) is 9.53 Å². The molecule has 0 spiro atoms. The van der Waals surface area contributed by atoms with Crippen LogP contribution in [0.4, 0.5) is 0 Å². The molecule has 70 valence electrons. The highest BCUT2D eigenvalue weighted by Gasteiger charge is 2.23. The summed E-state index contributed by atoms with van der Waals surface area (Å²) in [4.78, 5) is 11.2. The van der Waals surface area contributed by atoms with Crippen LogP contribution >= 0.6 is 0 Å². The maximum atomic E-state index is 11.2. The van der Waals surface area contributed by atoms with Gasteiger partial charge in [-0.3, -0.25) is 4.79 Å². The highest BCUT2D eigenvalue weighted by atomic mass is 16.6. The first-order chi connectivity index (χ1) is 5.47. The van der Waals surface area contributed by atoms with E-state index in [9.17, 15) is 4.79 Å². The van der Waals surface area contributed by atoms with E-state index in [4.69, 9.17) is 4.74 Å². The molecule has 1 aliphatic carbocycles. The van der Waals surface area contributed by atoms with Gasteiger partial charge in [0.25, 0.3) is 0 Å². The predicted molar refractivity (Wildman–Crippen MR) is 47.8 cm³/mol. The van der Waals surface area contributed by atoms with Gasteiger partial charge >= 0.3 is 5.97 Å². The van der Waals surface area contributed by atoms with Gasteiger partial charge in [0.15, 0.2) is 0 Å². The Balaban J connectivity index is 2.10.